The van der Waals surface area contributed by atoms with Gasteiger partial charge in [-0.2, -0.15) is 0 Å². The average Bonchev–Trinajstić information content (AvgIpc) is 3.00. The summed E-state index contributed by atoms with van der Waals surface area (Å²) in [6.07, 6.45) is 2.25. The van der Waals surface area contributed by atoms with E-state index in [1.807, 2.05) is 31.2 Å². The van der Waals surface area contributed by atoms with Crippen molar-refractivity contribution in [3.05, 3.63) is 59.2 Å². The van der Waals surface area contributed by atoms with Crippen molar-refractivity contribution >= 4 is 29.4 Å². The van der Waals surface area contributed by atoms with Gasteiger partial charge in [0.25, 0.3) is 5.91 Å². The first-order valence-corrected chi connectivity index (χ1v) is 10.2. The Morgan fingerprint density at radius 1 is 1.10 bits per heavy atom. The second-order valence-corrected chi connectivity index (χ2v) is 7.80. The van der Waals surface area contributed by atoms with Crippen LogP contribution in [-0.4, -0.2) is 59.6 Å². The summed E-state index contributed by atoms with van der Waals surface area (Å²) in [5.41, 5.74) is -0.342. The van der Waals surface area contributed by atoms with Gasteiger partial charge in [-0.1, -0.05) is 36.7 Å². The van der Waals surface area contributed by atoms with Crippen molar-refractivity contribution in [1.29, 1.82) is 0 Å². The predicted octanol–water partition coefficient (Wildman–Crippen LogP) is 2.67. The Bertz CT molecular complexity index is 901. The zero-order valence-electron chi connectivity index (χ0n) is 16.3. The number of halogens is 1. The molecule has 3 amide bonds. The van der Waals surface area contributed by atoms with Gasteiger partial charge in [0.1, 0.15) is 11.4 Å². The first-order valence-electron chi connectivity index (χ1n) is 9.82. The molecule has 0 radical (unpaired) electrons. The van der Waals surface area contributed by atoms with Crippen molar-refractivity contribution in [3.63, 3.8) is 0 Å². The molecule has 0 spiro atoms. The van der Waals surface area contributed by atoms with E-state index in [2.05, 4.69) is 20.1 Å². The molecule has 0 unspecified atom stereocenters. The molecule has 1 aromatic heterocycles. The van der Waals surface area contributed by atoms with Crippen LogP contribution in [0.1, 0.15) is 18.9 Å². The highest BCUT2D eigenvalue weighted by molar-refractivity contribution is 6.30. The fourth-order valence-electron chi connectivity index (χ4n) is 4.01. The second-order valence-electron chi connectivity index (χ2n) is 7.37. The number of imide groups is 1. The minimum Gasteiger partial charge on any atom is -0.354 e. The molecule has 8 heteroatoms. The molecule has 2 saturated heterocycles. The maximum absolute atomic E-state index is 13.3. The summed E-state index contributed by atoms with van der Waals surface area (Å²) in [6.45, 7) is 5.28. The van der Waals surface area contributed by atoms with E-state index < -0.39 is 5.54 Å². The van der Waals surface area contributed by atoms with E-state index in [1.54, 1.807) is 24.4 Å². The highest BCUT2D eigenvalue weighted by Crippen LogP contribution is 2.33. The molecule has 1 aromatic carbocycles. The number of nitrogens with zero attached hydrogens (tertiary/aromatic N) is 4. The van der Waals surface area contributed by atoms with E-state index >= 15 is 0 Å². The molecule has 0 saturated carbocycles. The molecule has 2 aromatic rings. The van der Waals surface area contributed by atoms with Gasteiger partial charge in [-0.3, -0.25) is 9.69 Å². The smallest absolute Gasteiger partial charge is 0.326 e. The quantitative estimate of drug-likeness (QED) is 0.763. The first kappa shape index (κ1) is 19.7. The van der Waals surface area contributed by atoms with Gasteiger partial charge in [0.05, 0.1) is 6.67 Å². The SMILES string of the molecule is CC[C@]1(c2cccc(Cl)c2)NC(=O)N(CN2CCN(c3ccccn3)CC2)C1=O. The summed E-state index contributed by atoms with van der Waals surface area (Å²) in [7, 11) is 0. The molecule has 152 valence electrons. The van der Waals surface area contributed by atoms with Crippen LogP contribution in [0.2, 0.25) is 5.02 Å². The Labute approximate surface area is 175 Å². The van der Waals surface area contributed by atoms with Crippen LogP contribution in [0.15, 0.2) is 48.7 Å². The van der Waals surface area contributed by atoms with Crippen molar-refractivity contribution in [1.82, 2.24) is 20.1 Å². The number of aromatic nitrogens is 1. The second kappa shape index (κ2) is 8.00. The van der Waals surface area contributed by atoms with E-state index in [9.17, 15) is 9.59 Å². The summed E-state index contributed by atoms with van der Waals surface area (Å²) in [5.74, 6) is 0.729. The molecule has 0 aliphatic carbocycles. The third-order valence-corrected chi connectivity index (χ3v) is 5.95. The van der Waals surface area contributed by atoms with Crippen molar-refractivity contribution in [2.45, 2.75) is 18.9 Å². The normalized spacial score (nSPS) is 22.8. The molecule has 2 fully saturated rings. The Kier molecular flexibility index (Phi) is 5.43. The number of pyridine rings is 1. The van der Waals surface area contributed by atoms with E-state index in [4.69, 9.17) is 11.6 Å². The molecule has 0 bridgehead atoms. The molecule has 2 aliphatic rings. The van der Waals surface area contributed by atoms with Gasteiger partial charge in [0, 0.05) is 37.4 Å². The lowest BCUT2D eigenvalue weighted by atomic mass is 9.87. The van der Waals surface area contributed by atoms with Gasteiger partial charge >= 0.3 is 6.03 Å². The highest BCUT2D eigenvalue weighted by atomic mass is 35.5. The highest BCUT2D eigenvalue weighted by Gasteiger charge is 2.51. The van der Waals surface area contributed by atoms with Gasteiger partial charge in [0.15, 0.2) is 0 Å². The number of piperazine rings is 1. The van der Waals surface area contributed by atoms with Gasteiger partial charge in [0.2, 0.25) is 0 Å². The number of carbonyl (C=O) groups is 2. The van der Waals surface area contributed by atoms with Gasteiger partial charge in [-0.15, -0.1) is 0 Å². The minimum absolute atomic E-state index is 0.223. The lowest BCUT2D eigenvalue weighted by Gasteiger charge is -2.36. The van der Waals surface area contributed by atoms with Crippen LogP contribution in [-0.2, 0) is 10.3 Å². The maximum atomic E-state index is 13.3. The van der Waals surface area contributed by atoms with Crippen LogP contribution in [0.25, 0.3) is 0 Å². The van der Waals surface area contributed by atoms with Crippen LogP contribution in [0, 0.1) is 0 Å². The Morgan fingerprint density at radius 3 is 2.55 bits per heavy atom. The number of nitrogens with one attached hydrogen (secondary N) is 1. The topological polar surface area (TPSA) is 68.8 Å². The van der Waals surface area contributed by atoms with Crippen LogP contribution in [0.5, 0.6) is 0 Å². The lowest BCUT2D eigenvalue weighted by molar-refractivity contribution is -0.133. The molecule has 3 heterocycles. The van der Waals surface area contributed by atoms with E-state index in [-0.39, 0.29) is 18.6 Å². The van der Waals surface area contributed by atoms with Crippen molar-refractivity contribution in [3.8, 4) is 0 Å². The largest absolute Gasteiger partial charge is 0.354 e. The zero-order chi connectivity index (χ0) is 20.4. The van der Waals surface area contributed by atoms with Crippen LogP contribution in [0.4, 0.5) is 10.6 Å². The molecule has 29 heavy (non-hydrogen) atoms. The van der Waals surface area contributed by atoms with Crippen molar-refractivity contribution < 1.29 is 9.59 Å². The van der Waals surface area contributed by atoms with Crippen LogP contribution >= 0.6 is 11.6 Å². The number of urea groups is 1. The van der Waals surface area contributed by atoms with E-state index in [1.165, 1.54) is 4.90 Å². The van der Waals surface area contributed by atoms with Crippen LogP contribution in [0.3, 0.4) is 0 Å². The monoisotopic (exact) mass is 413 g/mol. The number of carbonyl (C=O) groups excluding carboxylic acids is 2. The zero-order valence-corrected chi connectivity index (χ0v) is 17.1. The number of anilines is 1. The van der Waals surface area contributed by atoms with Crippen molar-refractivity contribution in [2.75, 3.05) is 37.7 Å². The maximum Gasteiger partial charge on any atom is 0.326 e. The molecule has 1 atom stereocenters. The Morgan fingerprint density at radius 2 is 1.90 bits per heavy atom. The Balaban J connectivity index is 1.45. The minimum atomic E-state index is -1.06. The van der Waals surface area contributed by atoms with Gasteiger partial charge in [-0.05, 0) is 36.2 Å². The van der Waals surface area contributed by atoms with E-state index in [0.717, 1.165) is 32.0 Å². The number of rotatable bonds is 5. The molecular weight excluding hydrogens is 390 g/mol. The predicted molar refractivity (Wildman–Crippen MR) is 112 cm³/mol. The molecule has 4 rings (SSSR count). The standard InChI is InChI=1S/C21H24ClN5O2/c1-2-21(16-6-5-7-17(22)14-16)19(28)27(20(29)24-21)15-25-10-12-26(13-11-25)18-8-3-4-9-23-18/h3-9,14H,2,10-13,15H2,1H3,(H,24,29)/t21-/m1/s1. The number of hydrogen-bond acceptors (Lipinski definition) is 5. The van der Waals surface area contributed by atoms with Crippen molar-refractivity contribution in [2.24, 2.45) is 0 Å². The Hall–Kier alpha value is -2.64. The molecule has 1 N–H and O–H groups in total. The summed E-state index contributed by atoms with van der Waals surface area (Å²) in [6, 6.07) is 12.7. The van der Waals surface area contributed by atoms with Gasteiger partial charge < -0.3 is 10.2 Å². The molecule has 7 nitrogen and oxygen atoms in total. The number of benzene rings is 1. The van der Waals surface area contributed by atoms with Gasteiger partial charge in [-0.25, -0.2) is 14.7 Å². The van der Waals surface area contributed by atoms with E-state index in [0.29, 0.717) is 17.0 Å². The molecular formula is C21H24ClN5O2. The van der Waals surface area contributed by atoms with Crippen LogP contribution < -0.4 is 10.2 Å². The average molecular weight is 414 g/mol. The molecule has 2 aliphatic heterocycles. The third-order valence-electron chi connectivity index (χ3n) is 5.71. The fraction of sp³-hybridized carbons (Fsp3) is 0.381. The lowest BCUT2D eigenvalue weighted by Crippen LogP contribution is -2.52. The summed E-state index contributed by atoms with van der Waals surface area (Å²) < 4.78 is 0. The summed E-state index contributed by atoms with van der Waals surface area (Å²) in [5, 5.41) is 3.46. The first-order chi connectivity index (χ1) is 14.0. The summed E-state index contributed by atoms with van der Waals surface area (Å²) in [4.78, 5) is 36.0. The number of amides is 3. The fourth-order valence-corrected chi connectivity index (χ4v) is 4.20. The summed E-state index contributed by atoms with van der Waals surface area (Å²) >= 11 is 6.13. The third kappa shape index (κ3) is 3.68. The number of hydrogen-bond donors (Lipinski definition) is 1.